The highest BCUT2D eigenvalue weighted by atomic mass is 16.3. The molecule has 1 amide bonds. The van der Waals surface area contributed by atoms with Gasteiger partial charge in [0.25, 0.3) is 5.56 Å². The molecule has 1 aliphatic rings. The van der Waals surface area contributed by atoms with Crippen LogP contribution in [0.4, 0.5) is 0 Å². The third-order valence-corrected chi connectivity index (χ3v) is 4.53. The molecular weight excluding hydrogens is 280 g/mol. The summed E-state index contributed by atoms with van der Waals surface area (Å²) in [5.41, 5.74) is 0.503. The Hall–Kier alpha value is -1.62. The van der Waals surface area contributed by atoms with Crippen LogP contribution in [0.2, 0.25) is 0 Å². The number of hydrogen-bond donors (Lipinski definition) is 2. The first kappa shape index (κ1) is 16.7. The molecule has 1 atom stereocenters. The van der Waals surface area contributed by atoms with Gasteiger partial charge in [0.15, 0.2) is 0 Å². The van der Waals surface area contributed by atoms with Crippen molar-refractivity contribution in [1.82, 2.24) is 9.88 Å². The number of hydrogen-bond acceptors (Lipinski definition) is 3. The number of carbonyl (C=O) groups is 1. The summed E-state index contributed by atoms with van der Waals surface area (Å²) in [6.07, 6.45) is 8.08. The van der Waals surface area contributed by atoms with E-state index < -0.39 is 0 Å². The minimum atomic E-state index is -0.156. The molecule has 5 heteroatoms. The molecule has 2 N–H and O–H groups in total. The average Bonchev–Trinajstić information content (AvgIpc) is 2.52. The zero-order valence-corrected chi connectivity index (χ0v) is 13.3. The Kier molecular flexibility index (Phi) is 6.19. The number of nitrogens with zero attached hydrogens (tertiary/aromatic N) is 1. The highest BCUT2D eigenvalue weighted by Gasteiger charge is 2.24. The molecule has 1 saturated carbocycles. The molecule has 0 bridgehead atoms. The summed E-state index contributed by atoms with van der Waals surface area (Å²) in [6, 6.07) is 3.53. The van der Waals surface area contributed by atoms with Gasteiger partial charge in [-0.3, -0.25) is 9.59 Å². The lowest BCUT2D eigenvalue weighted by Crippen LogP contribution is -2.44. The molecule has 0 saturated heterocycles. The maximum atomic E-state index is 12.3. The standard InChI is InChI=1S/C17H26N2O3/c1-13-6-5-10-19(17(13)22)12-16(21)18-15(9-11-20)14-7-3-2-4-8-14/h5-6,10,14-15,20H,2-4,7-9,11-12H2,1H3,(H,18,21). The van der Waals surface area contributed by atoms with Crippen molar-refractivity contribution in [3.8, 4) is 0 Å². The zero-order valence-electron chi connectivity index (χ0n) is 13.3. The Labute approximate surface area is 131 Å². The Morgan fingerprint density at radius 3 is 2.82 bits per heavy atom. The van der Waals surface area contributed by atoms with E-state index >= 15 is 0 Å². The summed E-state index contributed by atoms with van der Waals surface area (Å²) in [4.78, 5) is 24.2. The number of nitrogens with one attached hydrogen (secondary N) is 1. The van der Waals surface area contributed by atoms with Crippen LogP contribution in [-0.2, 0) is 11.3 Å². The van der Waals surface area contributed by atoms with E-state index in [0.717, 1.165) is 12.8 Å². The van der Waals surface area contributed by atoms with E-state index in [0.29, 0.717) is 17.9 Å². The average molecular weight is 306 g/mol. The first-order valence-electron chi connectivity index (χ1n) is 8.18. The molecule has 1 heterocycles. The van der Waals surface area contributed by atoms with Crippen molar-refractivity contribution in [3.63, 3.8) is 0 Å². The Bertz CT molecular complexity index is 547. The molecule has 0 spiro atoms. The molecular formula is C17H26N2O3. The largest absolute Gasteiger partial charge is 0.396 e. The topological polar surface area (TPSA) is 71.3 Å². The van der Waals surface area contributed by atoms with E-state index in [9.17, 15) is 14.7 Å². The number of aromatic nitrogens is 1. The van der Waals surface area contributed by atoms with Crippen LogP contribution in [0.15, 0.2) is 23.1 Å². The van der Waals surface area contributed by atoms with Gasteiger partial charge in [-0.25, -0.2) is 0 Å². The monoisotopic (exact) mass is 306 g/mol. The molecule has 0 aromatic carbocycles. The molecule has 1 aliphatic carbocycles. The third-order valence-electron chi connectivity index (χ3n) is 4.53. The van der Waals surface area contributed by atoms with Crippen molar-refractivity contribution >= 4 is 5.91 Å². The van der Waals surface area contributed by atoms with Crippen LogP contribution < -0.4 is 10.9 Å². The Balaban J connectivity index is 1.98. The summed E-state index contributed by atoms with van der Waals surface area (Å²) in [7, 11) is 0. The Morgan fingerprint density at radius 1 is 1.41 bits per heavy atom. The molecule has 1 aromatic heterocycles. The van der Waals surface area contributed by atoms with Crippen molar-refractivity contribution < 1.29 is 9.90 Å². The fourth-order valence-corrected chi connectivity index (χ4v) is 3.29. The van der Waals surface area contributed by atoms with Gasteiger partial charge in [0.2, 0.25) is 5.91 Å². The van der Waals surface area contributed by atoms with Gasteiger partial charge in [0.1, 0.15) is 6.54 Å². The van der Waals surface area contributed by atoms with Gasteiger partial charge in [0, 0.05) is 24.4 Å². The maximum absolute atomic E-state index is 12.3. The number of rotatable bonds is 6. The van der Waals surface area contributed by atoms with Crippen molar-refractivity contribution in [2.45, 2.75) is 58.0 Å². The molecule has 122 valence electrons. The van der Waals surface area contributed by atoms with E-state index in [2.05, 4.69) is 5.32 Å². The first-order valence-corrected chi connectivity index (χ1v) is 8.18. The van der Waals surface area contributed by atoms with Crippen LogP contribution >= 0.6 is 0 Å². The summed E-state index contributed by atoms with van der Waals surface area (Å²) in [5, 5.41) is 12.3. The normalized spacial score (nSPS) is 17.2. The lowest BCUT2D eigenvalue weighted by atomic mass is 9.82. The minimum absolute atomic E-state index is 0.0123. The maximum Gasteiger partial charge on any atom is 0.253 e. The fourth-order valence-electron chi connectivity index (χ4n) is 3.29. The number of aryl methyl sites for hydroxylation is 1. The third kappa shape index (κ3) is 4.44. The molecule has 1 fully saturated rings. The van der Waals surface area contributed by atoms with Crippen molar-refractivity contribution in [2.24, 2.45) is 5.92 Å². The summed E-state index contributed by atoms with van der Waals surface area (Å²) < 4.78 is 1.43. The van der Waals surface area contributed by atoms with Crippen molar-refractivity contribution in [3.05, 3.63) is 34.2 Å². The number of pyridine rings is 1. The summed E-state index contributed by atoms with van der Waals surface area (Å²) in [5.74, 6) is 0.288. The van der Waals surface area contributed by atoms with E-state index in [1.54, 1.807) is 25.3 Å². The highest BCUT2D eigenvalue weighted by molar-refractivity contribution is 5.76. The zero-order chi connectivity index (χ0) is 15.9. The molecule has 22 heavy (non-hydrogen) atoms. The van der Waals surface area contributed by atoms with Crippen LogP contribution in [0.1, 0.15) is 44.1 Å². The van der Waals surface area contributed by atoms with E-state index in [-0.39, 0.29) is 30.7 Å². The fraction of sp³-hybridized carbons (Fsp3) is 0.647. The summed E-state index contributed by atoms with van der Waals surface area (Å²) >= 11 is 0. The van der Waals surface area contributed by atoms with Crippen LogP contribution in [0.25, 0.3) is 0 Å². The second kappa shape index (κ2) is 8.13. The quantitative estimate of drug-likeness (QED) is 0.838. The predicted octanol–water partition coefficient (Wildman–Crippen LogP) is 1.60. The number of aliphatic hydroxyl groups is 1. The second-order valence-electron chi connectivity index (χ2n) is 6.21. The van der Waals surface area contributed by atoms with E-state index in [1.807, 2.05) is 0 Å². The van der Waals surface area contributed by atoms with Crippen molar-refractivity contribution in [2.75, 3.05) is 6.61 Å². The molecule has 0 aliphatic heterocycles. The SMILES string of the molecule is Cc1cccn(CC(=O)NC(CCO)C2CCCCC2)c1=O. The number of aliphatic hydroxyl groups excluding tert-OH is 1. The first-order chi connectivity index (χ1) is 10.6. The molecule has 1 aromatic rings. The van der Waals surface area contributed by atoms with Gasteiger partial charge in [-0.2, -0.15) is 0 Å². The molecule has 0 radical (unpaired) electrons. The van der Waals surface area contributed by atoms with Crippen LogP contribution in [-0.4, -0.2) is 28.2 Å². The lowest BCUT2D eigenvalue weighted by Gasteiger charge is -2.30. The second-order valence-corrected chi connectivity index (χ2v) is 6.21. The van der Waals surface area contributed by atoms with Gasteiger partial charge in [-0.05, 0) is 38.2 Å². The lowest BCUT2D eigenvalue weighted by molar-refractivity contribution is -0.123. The number of amides is 1. The van der Waals surface area contributed by atoms with Crippen LogP contribution in [0.3, 0.4) is 0 Å². The molecule has 5 nitrogen and oxygen atoms in total. The predicted molar refractivity (Wildman–Crippen MR) is 85.6 cm³/mol. The van der Waals surface area contributed by atoms with Gasteiger partial charge < -0.3 is 15.0 Å². The van der Waals surface area contributed by atoms with Gasteiger partial charge in [-0.15, -0.1) is 0 Å². The highest BCUT2D eigenvalue weighted by Crippen LogP contribution is 2.27. The van der Waals surface area contributed by atoms with Crippen LogP contribution in [0.5, 0.6) is 0 Å². The Morgan fingerprint density at radius 2 is 2.14 bits per heavy atom. The molecule has 1 unspecified atom stereocenters. The number of carbonyl (C=O) groups excluding carboxylic acids is 1. The van der Waals surface area contributed by atoms with Gasteiger partial charge in [0.05, 0.1) is 0 Å². The van der Waals surface area contributed by atoms with E-state index in [1.165, 1.54) is 23.8 Å². The van der Waals surface area contributed by atoms with Crippen molar-refractivity contribution in [1.29, 1.82) is 0 Å². The van der Waals surface area contributed by atoms with E-state index in [4.69, 9.17) is 0 Å². The minimum Gasteiger partial charge on any atom is -0.396 e. The van der Waals surface area contributed by atoms with Gasteiger partial charge in [-0.1, -0.05) is 25.3 Å². The smallest absolute Gasteiger partial charge is 0.253 e. The summed E-state index contributed by atoms with van der Waals surface area (Å²) in [6.45, 7) is 1.86. The van der Waals surface area contributed by atoms with Crippen LogP contribution in [0, 0.1) is 12.8 Å². The molecule has 2 rings (SSSR count). The van der Waals surface area contributed by atoms with Gasteiger partial charge >= 0.3 is 0 Å².